The SMILES string of the molecule is CC[C@@H](C(C)C)[C@H](O)[C@@H](O)[C@@H](C)[C@H]1CC[C@H]2[C@@H]3CNC(=O)[C@H]4C[C@H](O)[C@H](O)C[C@]4(C)[C@H]3CC[C@]12C. The average Bonchev–Trinajstić information content (AvgIpc) is 3.11. The molecule has 0 aromatic rings. The van der Waals surface area contributed by atoms with Crippen molar-refractivity contribution in [2.75, 3.05) is 6.54 Å². The maximum absolute atomic E-state index is 13.1. The number of aliphatic hydroxyl groups is 4. The van der Waals surface area contributed by atoms with Gasteiger partial charge in [-0.1, -0.05) is 48.0 Å². The highest BCUT2D eigenvalue weighted by atomic mass is 16.3. The van der Waals surface area contributed by atoms with Crippen molar-refractivity contribution in [3.63, 3.8) is 0 Å². The van der Waals surface area contributed by atoms with Crippen LogP contribution >= 0.6 is 0 Å². The molecule has 4 aliphatic rings. The third kappa shape index (κ3) is 4.38. The van der Waals surface area contributed by atoms with Gasteiger partial charge in [0, 0.05) is 12.5 Å². The van der Waals surface area contributed by atoms with Crippen LogP contribution in [0.25, 0.3) is 0 Å². The molecular formula is C29H51NO5. The van der Waals surface area contributed by atoms with Crippen molar-refractivity contribution in [3.8, 4) is 0 Å². The molecule has 35 heavy (non-hydrogen) atoms. The second kappa shape index (κ2) is 9.89. The fraction of sp³-hybridized carbons (Fsp3) is 0.966. The van der Waals surface area contributed by atoms with Gasteiger partial charge in [0.15, 0.2) is 0 Å². The molecule has 3 saturated carbocycles. The molecule has 0 bridgehead atoms. The molecule has 1 amide bonds. The summed E-state index contributed by atoms with van der Waals surface area (Å²) >= 11 is 0. The molecule has 13 atom stereocenters. The topological polar surface area (TPSA) is 110 Å². The number of nitrogens with one attached hydrogen (secondary N) is 1. The fourth-order valence-corrected chi connectivity index (χ4v) is 9.76. The quantitative estimate of drug-likeness (QED) is 0.390. The molecule has 1 heterocycles. The lowest BCUT2D eigenvalue weighted by Crippen LogP contribution is -2.55. The van der Waals surface area contributed by atoms with Gasteiger partial charge in [0.25, 0.3) is 0 Å². The van der Waals surface area contributed by atoms with E-state index in [0.29, 0.717) is 49.0 Å². The molecule has 0 aromatic carbocycles. The maximum atomic E-state index is 13.1. The van der Waals surface area contributed by atoms with Gasteiger partial charge in [-0.25, -0.2) is 0 Å². The average molecular weight is 494 g/mol. The van der Waals surface area contributed by atoms with E-state index in [-0.39, 0.29) is 34.5 Å². The van der Waals surface area contributed by atoms with Crippen LogP contribution in [-0.2, 0) is 4.79 Å². The van der Waals surface area contributed by atoms with Gasteiger partial charge in [-0.2, -0.15) is 0 Å². The Balaban J connectivity index is 1.57. The highest BCUT2D eigenvalue weighted by molar-refractivity contribution is 5.80. The van der Waals surface area contributed by atoms with Crippen LogP contribution in [0.3, 0.4) is 0 Å². The van der Waals surface area contributed by atoms with Gasteiger partial charge in [-0.15, -0.1) is 0 Å². The zero-order chi connectivity index (χ0) is 25.9. The summed E-state index contributed by atoms with van der Waals surface area (Å²) in [7, 11) is 0. The van der Waals surface area contributed by atoms with Crippen molar-refractivity contribution in [3.05, 3.63) is 0 Å². The van der Waals surface area contributed by atoms with Crippen LogP contribution in [0.4, 0.5) is 0 Å². The molecule has 4 rings (SSSR count). The van der Waals surface area contributed by atoms with Gasteiger partial charge in [0.2, 0.25) is 5.91 Å². The Hall–Kier alpha value is -0.690. The predicted octanol–water partition coefficient (Wildman–Crippen LogP) is 3.35. The highest BCUT2D eigenvalue weighted by Crippen LogP contribution is 2.65. The Labute approximate surface area is 212 Å². The van der Waals surface area contributed by atoms with Crippen LogP contribution < -0.4 is 5.32 Å². The zero-order valence-electron chi connectivity index (χ0n) is 22.8. The van der Waals surface area contributed by atoms with Crippen molar-refractivity contribution in [2.24, 2.45) is 58.2 Å². The summed E-state index contributed by atoms with van der Waals surface area (Å²) in [5, 5.41) is 46.5. The van der Waals surface area contributed by atoms with Gasteiger partial charge < -0.3 is 25.7 Å². The van der Waals surface area contributed by atoms with Crippen LogP contribution in [0.5, 0.6) is 0 Å². The third-order valence-corrected chi connectivity index (χ3v) is 11.8. The fourth-order valence-electron chi connectivity index (χ4n) is 9.76. The Morgan fingerprint density at radius 1 is 0.971 bits per heavy atom. The Morgan fingerprint density at radius 3 is 2.26 bits per heavy atom. The van der Waals surface area contributed by atoms with Gasteiger partial charge in [0.05, 0.1) is 24.4 Å². The molecule has 0 spiro atoms. The lowest BCUT2D eigenvalue weighted by atomic mass is 9.48. The van der Waals surface area contributed by atoms with Crippen molar-refractivity contribution in [1.82, 2.24) is 5.32 Å². The van der Waals surface area contributed by atoms with Gasteiger partial charge >= 0.3 is 0 Å². The molecule has 6 nitrogen and oxygen atoms in total. The van der Waals surface area contributed by atoms with Crippen LogP contribution in [0.1, 0.15) is 86.5 Å². The first-order valence-electron chi connectivity index (χ1n) is 14.4. The number of carbonyl (C=O) groups excluding carboxylic acids is 1. The number of amides is 1. The number of fused-ring (bicyclic) bond motifs is 5. The van der Waals surface area contributed by atoms with E-state index in [1.54, 1.807) is 0 Å². The molecule has 202 valence electrons. The number of rotatable bonds is 6. The molecule has 0 radical (unpaired) electrons. The molecule has 1 aliphatic heterocycles. The molecule has 3 aliphatic carbocycles. The van der Waals surface area contributed by atoms with E-state index in [2.05, 4.69) is 46.9 Å². The second-order valence-electron chi connectivity index (χ2n) is 13.6. The number of hydrogen-bond acceptors (Lipinski definition) is 5. The number of hydrogen-bond donors (Lipinski definition) is 5. The van der Waals surface area contributed by atoms with E-state index in [1.807, 2.05) is 0 Å². The third-order valence-electron chi connectivity index (χ3n) is 11.8. The minimum absolute atomic E-state index is 0.0136. The molecule has 4 fully saturated rings. The van der Waals surface area contributed by atoms with Gasteiger partial charge in [-0.3, -0.25) is 4.79 Å². The smallest absolute Gasteiger partial charge is 0.223 e. The first-order chi connectivity index (χ1) is 16.4. The molecule has 0 aromatic heterocycles. The Bertz CT molecular complexity index is 774. The largest absolute Gasteiger partial charge is 0.390 e. The molecule has 6 heteroatoms. The van der Waals surface area contributed by atoms with E-state index < -0.39 is 24.4 Å². The number of aliphatic hydroxyl groups excluding tert-OH is 4. The summed E-state index contributed by atoms with van der Waals surface area (Å²) in [5.41, 5.74) is -0.245. The highest BCUT2D eigenvalue weighted by Gasteiger charge is 2.62. The summed E-state index contributed by atoms with van der Waals surface area (Å²) in [4.78, 5) is 13.1. The van der Waals surface area contributed by atoms with Crippen molar-refractivity contribution in [1.29, 1.82) is 0 Å². The monoisotopic (exact) mass is 493 g/mol. The molecular weight excluding hydrogens is 442 g/mol. The summed E-state index contributed by atoms with van der Waals surface area (Å²) in [6.07, 6.45) is 2.83. The van der Waals surface area contributed by atoms with Crippen LogP contribution in [0.2, 0.25) is 0 Å². The minimum atomic E-state index is -0.827. The molecule has 1 saturated heterocycles. The minimum Gasteiger partial charge on any atom is -0.390 e. The Morgan fingerprint density at radius 2 is 1.63 bits per heavy atom. The van der Waals surface area contributed by atoms with Crippen LogP contribution in [0, 0.1) is 58.2 Å². The lowest BCUT2D eigenvalue weighted by molar-refractivity contribution is -0.150. The van der Waals surface area contributed by atoms with Crippen LogP contribution in [0.15, 0.2) is 0 Å². The Kier molecular flexibility index (Phi) is 7.72. The van der Waals surface area contributed by atoms with E-state index in [0.717, 1.165) is 32.1 Å². The van der Waals surface area contributed by atoms with Gasteiger partial charge in [0.1, 0.15) is 0 Å². The first kappa shape index (κ1) is 27.3. The first-order valence-corrected chi connectivity index (χ1v) is 14.4. The van der Waals surface area contributed by atoms with Crippen molar-refractivity contribution in [2.45, 2.75) is 111 Å². The van der Waals surface area contributed by atoms with Crippen molar-refractivity contribution < 1.29 is 25.2 Å². The van der Waals surface area contributed by atoms with Crippen molar-refractivity contribution >= 4 is 5.91 Å². The standard InChI is InChI=1S/C29H51NO5/c1-7-17(15(2)3)26(34)25(33)16(4)19-8-9-20-18-14-30-27(35)22-12-23(31)24(32)13-29(22,6)21(18)10-11-28(19,20)5/h15-26,31-34H,7-14H2,1-6H3,(H,30,35)/t16-,17-,18-,19+,20-,21-,22+,23-,24+,25-,26-,28+,29+/m0/s1. The van der Waals surface area contributed by atoms with Gasteiger partial charge in [-0.05, 0) is 90.8 Å². The summed E-state index contributed by atoms with van der Waals surface area (Å²) in [5.74, 6) is 1.68. The summed E-state index contributed by atoms with van der Waals surface area (Å²) < 4.78 is 0. The van der Waals surface area contributed by atoms with E-state index in [4.69, 9.17) is 0 Å². The molecule has 0 unspecified atom stereocenters. The summed E-state index contributed by atoms with van der Waals surface area (Å²) in [6.45, 7) is 13.7. The van der Waals surface area contributed by atoms with E-state index >= 15 is 0 Å². The second-order valence-corrected chi connectivity index (χ2v) is 13.6. The van der Waals surface area contributed by atoms with E-state index in [9.17, 15) is 25.2 Å². The normalized spacial score (nSPS) is 47.1. The van der Waals surface area contributed by atoms with E-state index in [1.165, 1.54) is 0 Å². The molecule has 5 N–H and O–H groups in total. The van der Waals surface area contributed by atoms with Crippen LogP contribution in [-0.4, -0.2) is 57.3 Å². The summed E-state index contributed by atoms with van der Waals surface area (Å²) in [6, 6.07) is 0. The lowest BCUT2D eigenvalue weighted by Gasteiger charge is -2.56. The number of carbonyl (C=O) groups is 1. The zero-order valence-corrected chi connectivity index (χ0v) is 22.8. The predicted molar refractivity (Wildman–Crippen MR) is 136 cm³/mol. The maximum Gasteiger partial charge on any atom is 0.223 e.